The topological polar surface area (TPSA) is 68.9 Å². The second kappa shape index (κ2) is 6.34. The fourth-order valence-electron chi connectivity index (χ4n) is 2.52. The number of aryl methyl sites for hydroxylation is 2. The molecular weight excluding hydrogens is 280 g/mol. The minimum atomic E-state index is -0.359. The molecule has 2 aromatic heterocycles. The van der Waals surface area contributed by atoms with Crippen LogP contribution in [0.15, 0.2) is 15.8 Å². The molecule has 0 aliphatic carbocycles. The maximum Gasteiger partial charge on any atom is 0.332 e. The highest BCUT2D eigenvalue weighted by Gasteiger charge is 2.16. The van der Waals surface area contributed by atoms with Crippen LogP contribution in [0.5, 0.6) is 0 Å². The molecule has 2 heterocycles. The van der Waals surface area contributed by atoms with Crippen LogP contribution in [0.1, 0.15) is 32.8 Å². The molecule has 2 aromatic rings. The van der Waals surface area contributed by atoms with Gasteiger partial charge in [-0.3, -0.25) is 13.9 Å². The molecule has 0 spiro atoms. The van der Waals surface area contributed by atoms with E-state index in [2.05, 4.69) is 24.1 Å². The predicted octanol–water partition coefficient (Wildman–Crippen LogP) is 1.65. The number of anilines is 1. The van der Waals surface area contributed by atoms with Crippen LogP contribution >= 0.6 is 0 Å². The van der Waals surface area contributed by atoms with Crippen LogP contribution in [0.25, 0.3) is 11.0 Å². The van der Waals surface area contributed by atoms with Gasteiger partial charge in [-0.05, 0) is 24.3 Å². The van der Waals surface area contributed by atoms with Crippen LogP contribution in [-0.4, -0.2) is 20.7 Å². The molecule has 0 fully saturated rings. The Balaban J connectivity index is 2.70. The third-order valence-electron chi connectivity index (χ3n) is 3.95. The molecule has 120 valence electrons. The molecule has 0 saturated heterocycles. The third-order valence-corrected chi connectivity index (χ3v) is 3.95. The van der Waals surface area contributed by atoms with Gasteiger partial charge in [0.15, 0.2) is 5.65 Å². The summed E-state index contributed by atoms with van der Waals surface area (Å²) in [5.74, 6) is 0.581. The zero-order valence-corrected chi connectivity index (χ0v) is 13.9. The molecule has 6 nitrogen and oxygen atoms in total. The first-order chi connectivity index (χ1) is 10.4. The number of hydrogen-bond donors (Lipinski definition) is 1. The van der Waals surface area contributed by atoms with Gasteiger partial charge >= 0.3 is 5.69 Å². The molecule has 2 rings (SSSR count). The van der Waals surface area contributed by atoms with E-state index in [0.717, 1.165) is 35.2 Å². The Labute approximate surface area is 129 Å². The number of fused-ring (bicyclic) bond motifs is 1. The van der Waals surface area contributed by atoms with Gasteiger partial charge in [-0.2, -0.15) is 0 Å². The first kappa shape index (κ1) is 16.3. The maximum atomic E-state index is 12.6. The van der Waals surface area contributed by atoms with Crippen molar-refractivity contribution < 1.29 is 0 Å². The van der Waals surface area contributed by atoms with Crippen molar-refractivity contribution in [3.63, 3.8) is 0 Å². The highest BCUT2D eigenvalue weighted by atomic mass is 16.2. The second-order valence-corrected chi connectivity index (χ2v) is 6.03. The van der Waals surface area contributed by atoms with Crippen LogP contribution in [-0.2, 0) is 20.5 Å². The maximum absolute atomic E-state index is 12.6. The third kappa shape index (κ3) is 2.77. The monoisotopic (exact) mass is 304 g/mol. The fourth-order valence-corrected chi connectivity index (χ4v) is 2.52. The Morgan fingerprint density at radius 1 is 1.23 bits per heavy atom. The van der Waals surface area contributed by atoms with Crippen LogP contribution in [0, 0.1) is 5.92 Å². The van der Waals surface area contributed by atoms with E-state index in [-0.39, 0.29) is 11.2 Å². The van der Waals surface area contributed by atoms with E-state index in [9.17, 15) is 9.59 Å². The summed E-state index contributed by atoms with van der Waals surface area (Å²) >= 11 is 0. The molecule has 0 atom stereocenters. The summed E-state index contributed by atoms with van der Waals surface area (Å²) in [5.41, 5.74) is 1.57. The molecule has 0 unspecified atom stereocenters. The molecule has 1 N–H and O–H groups in total. The van der Waals surface area contributed by atoms with Gasteiger partial charge in [-0.1, -0.05) is 20.8 Å². The Morgan fingerprint density at radius 3 is 2.50 bits per heavy atom. The summed E-state index contributed by atoms with van der Waals surface area (Å²) in [5, 5.41) is 3.88. The number of rotatable bonds is 5. The van der Waals surface area contributed by atoms with E-state index in [1.54, 1.807) is 13.2 Å². The summed E-state index contributed by atoms with van der Waals surface area (Å²) < 4.78 is 2.56. The van der Waals surface area contributed by atoms with Gasteiger partial charge in [-0.25, -0.2) is 9.78 Å². The van der Waals surface area contributed by atoms with Crippen molar-refractivity contribution >= 4 is 16.7 Å². The van der Waals surface area contributed by atoms with Gasteiger partial charge in [0.1, 0.15) is 5.39 Å². The molecule has 0 aromatic carbocycles. The average Bonchev–Trinajstić information content (AvgIpc) is 2.49. The fraction of sp³-hybridized carbons (Fsp3) is 0.562. The highest BCUT2D eigenvalue weighted by molar-refractivity contribution is 5.90. The van der Waals surface area contributed by atoms with E-state index in [0.29, 0.717) is 17.0 Å². The van der Waals surface area contributed by atoms with Gasteiger partial charge in [0.25, 0.3) is 5.56 Å². The van der Waals surface area contributed by atoms with Crippen LogP contribution < -0.4 is 16.6 Å². The van der Waals surface area contributed by atoms with E-state index in [1.807, 2.05) is 6.92 Å². The van der Waals surface area contributed by atoms with Crippen molar-refractivity contribution in [2.75, 3.05) is 11.9 Å². The number of nitrogens with one attached hydrogen (secondary N) is 1. The van der Waals surface area contributed by atoms with Crippen molar-refractivity contribution in [3.8, 4) is 0 Å². The molecule has 0 aliphatic rings. The van der Waals surface area contributed by atoms with Crippen LogP contribution in [0.3, 0.4) is 0 Å². The zero-order chi connectivity index (χ0) is 16.4. The van der Waals surface area contributed by atoms with Gasteiger partial charge in [-0.15, -0.1) is 0 Å². The van der Waals surface area contributed by atoms with E-state index in [1.165, 1.54) is 11.6 Å². The summed E-state index contributed by atoms with van der Waals surface area (Å²) in [6.07, 6.45) is 3.54. The minimum Gasteiger partial charge on any atom is -0.384 e. The largest absolute Gasteiger partial charge is 0.384 e. The van der Waals surface area contributed by atoms with Crippen molar-refractivity contribution in [1.29, 1.82) is 0 Å². The predicted molar refractivity (Wildman–Crippen MR) is 89.5 cm³/mol. The Hall–Kier alpha value is -2.11. The first-order valence-corrected chi connectivity index (χ1v) is 7.69. The number of pyridine rings is 1. The van der Waals surface area contributed by atoms with Crippen molar-refractivity contribution in [2.24, 2.45) is 20.0 Å². The SMILES string of the molecule is CCc1cnc2c(c1NCCC(C)C)c(=O)n(C)c(=O)n2C. The summed E-state index contributed by atoms with van der Waals surface area (Å²) in [6.45, 7) is 7.14. The lowest BCUT2D eigenvalue weighted by Gasteiger charge is -2.16. The molecule has 0 amide bonds. The van der Waals surface area contributed by atoms with Crippen LogP contribution in [0.2, 0.25) is 0 Å². The molecule has 0 radical (unpaired) electrons. The summed E-state index contributed by atoms with van der Waals surface area (Å²) in [7, 11) is 3.14. The van der Waals surface area contributed by atoms with Crippen molar-refractivity contribution in [1.82, 2.24) is 14.1 Å². The summed E-state index contributed by atoms with van der Waals surface area (Å²) in [4.78, 5) is 28.9. The van der Waals surface area contributed by atoms with Gasteiger partial charge < -0.3 is 5.32 Å². The molecule has 22 heavy (non-hydrogen) atoms. The second-order valence-electron chi connectivity index (χ2n) is 6.03. The lowest BCUT2D eigenvalue weighted by Crippen LogP contribution is -2.37. The smallest absolute Gasteiger partial charge is 0.332 e. The molecule has 0 bridgehead atoms. The first-order valence-electron chi connectivity index (χ1n) is 7.69. The molecule has 6 heteroatoms. The lowest BCUT2D eigenvalue weighted by molar-refractivity contribution is 0.607. The number of nitrogens with zero attached hydrogens (tertiary/aromatic N) is 3. The Bertz CT molecular complexity index is 802. The number of aromatic nitrogens is 3. The Kier molecular flexibility index (Phi) is 4.68. The average molecular weight is 304 g/mol. The van der Waals surface area contributed by atoms with Gasteiger partial charge in [0.2, 0.25) is 0 Å². The zero-order valence-electron chi connectivity index (χ0n) is 13.9. The van der Waals surface area contributed by atoms with Crippen molar-refractivity contribution in [3.05, 3.63) is 32.6 Å². The minimum absolute atomic E-state index is 0.298. The normalized spacial score (nSPS) is 11.4. The van der Waals surface area contributed by atoms with E-state index in [4.69, 9.17) is 0 Å². The molecular formula is C16H24N4O2. The lowest BCUT2D eigenvalue weighted by atomic mass is 10.1. The van der Waals surface area contributed by atoms with Crippen LogP contribution in [0.4, 0.5) is 5.69 Å². The van der Waals surface area contributed by atoms with Gasteiger partial charge in [0, 0.05) is 26.8 Å². The molecule has 0 saturated carbocycles. The van der Waals surface area contributed by atoms with Gasteiger partial charge in [0.05, 0.1) is 5.69 Å². The van der Waals surface area contributed by atoms with Crippen molar-refractivity contribution in [2.45, 2.75) is 33.6 Å². The number of hydrogen-bond acceptors (Lipinski definition) is 4. The van der Waals surface area contributed by atoms with E-state index >= 15 is 0 Å². The quantitative estimate of drug-likeness (QED) is 0.912. The standard InChI is InChI=1S/C16H24N4O2/c1-6-11-9-18-14-12(13(11)17-8-7-10(2)3)15(21)20(5)16(22)19(14)4/h9-10H,6-8H2,1-5H3,(H,17,18). The summed E-state index contributed by atoms with van der Waals surface area (Å²) in [6, 6.07) is 0. The van der Waals surface area contributed by atoms with E-state index < -0.39 is 0 Å². The molecule has 0 aliphatic heterocycles. The highest BCUT2D eigenvalue weighted by Crippen LogP contribution is 2.23. The Morgan fingerprint density at radius 2 is 1.91 bits per heavy atom.